The summed E-state index contributed by atoms with van der Waals surface area (Å²) in [5.41, 5.74) is 5.66. The van der Waals surface area contributed by atoms with Gasteiger partial charge in [0, 0.05) is 19.2 Å². The van der Waals surface area contributed by atoms with Gasteiger partial charge in [-0.25, -0.2) is 4.98 Å². The Balaban J connectivity index is 1.70. The summed E-state index contributed by atoms with van der Waals surface area (Å²) in [5.74, 6) is -1.85. The van der Waals surface area contributed by atoms with Crippen molar-refractivity contribution >= 4 is 59.7 Å². The van der Waals surface area contributed by atoms with E-state index in [2.05, 4.69) is 25.5 Å². The van der Waals surface area contributed by atoms with Crippen LogP contribution >= 0.6 is 11.6 Å². The number of fused-ring (bicyclic) bond motifs is 1. The lowest BCUT2D eigenvalue weighted by Gasteiger charge is -2.10. The summed E-state index contributed by atoms with van der Waals surface area (Å²) in [6.45, 7) is -0.198. The van der Waals surface area contributed by atoms with Crippen LogP contribution in [0.5, 0.6) is 5.75 Å². The van der Waals surface area contributed by atoms with E-state index >= 15 is 0 Å². The number of azo groups is 1. The summed E-state index contributed by atoms with van der Waals surface area (Å²) in [5, 5.41) is 20.7. The Bertz CT molecular complexity index is 1910. The second kappa shape index (κ2) is 11.0. The lowest BCUT2D eigenvalue weighted by atomic mass is 10.1. The highest BCUT2D eigenvalue weighted by atomic mass is 35.5. The van der Waals surface area contributed by atoms with E-state index in [1.54, 1.807) is 0 Å². The molecule has 0 fully saturated rings. The molecule has 13 nitrogen and oxygen atoms in total. The first-order valence-corrected chi connectivity index (χ1v) is 14.0. The van der Waals surface area contributed by atoms with Gasteiger partial charge in [-0.2, -0.15) is 30.6 Å². The van der Waals surface area contributed by atoms with Crippen LogP contribution in [0.1, 0.15) is 11.3 Å². The van der Waals surface area contributed by atoms with Gasteiger partial charge in [0.1, 0.15) is 27.0 Å². The molecule has 0 amide bonds. The van der Waals surface area contributed by atoms with Crippen LogP contribution in [0.3, 0.4) is 0 Å². The van der Waals surface area contributed by atoms with Crippen LogP contribution in [0.15, 0.2) is 62.5 Å². The van der Waals surface area contributed by atoms with Gasteiger partial charge in [-0.15, -0.1) is 10.2 Å². The van der Waals surface area contributed by atoms with Crippen LogP contribution in [-0.4, -0.2) is 41.0 Å². The van der Waals surface area contributed by atoms with Gasteiger partial charge in [0.15, 0.2) is 0 Å². The largest absolute Gasteiger partial charge is 0.507 e. The lowest BCUT2D eigenvalue weighted by molar-refractivity contribution is 0.471. The summed E-state index contributed by atoms with van der Waals surface area (Å²) in [4.78, 5) is 5.06. The third kappa shape index (κ3) is 6.30. The molecule has 0 bridgehead atoms. The van der Waals surface area contributed by atoms with E-state index < -0.39 is 52.8 Å². The van der Waals surface area contributed by atoms with Crippen molar-refractivity contribution in [2.75, 3.05) is 5.73 Å². The van der Waals surface area contributed by atoms with Crippen molar-refractivity contribution in [1.82, 2.24) is 15.3 Å². The lowest BCUT2D eigenvalue weighted by Crippen LogP contribution is -2.16. The van der Waals surface area contributed by atoms with Crippen molar-refractivity contribution in [2.45, 2.75) is 22.9 Å². The van der Waals surface area contributed by atoms with E-state index in [-0.39, 0.29) is 46.6 Å². The second-order valence-electron chi connectivity index (χ2n) is 8.14. The van der Waals surface area contributed by atoms with E-state index in [0.29, 0.717) is 5.56 Å². The third-order valence-electron chi connectivity index (χ3n) is 5.40. The Morgan fingerprint density at radius 3 is 2.35 bits per heavy atom. The molecule has 18 heteroatoms. The van der Waals surface area contributed by atoms with Crippen molar-refractivity contribution in [3.05, 3.63) is 70.8 Å². The number of anilines is 1. The Labute approximate surface area is 229 Å². The van der Waals surface area contributed by atoms with E-state index in [1.165, 1.54) is 24.3 Å². The van der Waals surface area contributed by atoms with E-state index in [0.717, 1.165) is 18.2 Å². The molecule has 3 aromatic carbocycles. The standard InChI is InChI=1S/C22H17ClF2N6O7S2/c23-19-15(28-22(25)29-21(19)24)9-27-8-10-1-4-17(40(36,37)38)14(5-10)30-31-20-13(26)3-2-11-6-12(39(33,34)35)7-16(32)18(11)20/h1-7,27,32H,8-9,26H2,(H,33,34,35)(H,36,37,38). The summed E-state index contributed by atoms with van der Waals surface area (Å²) < 4.78 is 92.7. The van der Waals surface area contributed by atoms with Gasteiger partial charge >= 0.3 is 6.08 Å². The summed E-state index contributed by atoms with van der Waals surface area (Å²) in [6.07, 6.45) is -1.31. The highest BCUT2D eigenvalue weighted by Gasteiger charge is 2.19. The van der Waals surface area contributed by atoms with E-state index in [1.807, 2.05) is 0 Å². The fourth-order valence-electron chi connectivity index (χ4n) is 3.62. The SMILES string of the molecule is Nc1ccc2cc(S(=O)(=O)O)cc(O)c2c1N=Nc1cc(CNCc2nc(F)nc(F)c2Cl)ccc1S(=O)(=O)O. The number of phenols is 1. The maximum Gasteiger partial charge on any atom is 0.311 e. The Morgan fingerprint density at radius 1 is 0.950 bits per heavy atom. The van der Waals surface area contributed by atoms with Crippen molar-refractivity contribution in [3.63, 3.8) is 0 Å². The molecule has 4 aromatic rings. The van der Waals surface area contributed by atoms with Gasteiger partial charge in [-0.05, 0) is 35.2 Å². The Hall–Kier alpha value is -3.87. The zero-order valence-electron chi connectivity index (χ0n) is 19.7. The van der Waals surface area contributed by atoms with E-state index in [4.69, 9.17) is 17.3 Å². The first kappa shape index (κ1) is 29.1. The van der Waals surface area contributed by atoms with Gasteiger partial charge in [-0.1, -0.05) is 23.7 Å². The molecule has 0 radical (unpaired) electrons. The number of nitrogens with two attached hydrogens (primary N) is 1. The molecule has 1 heterocycles. The minimum absolute atomic E-state index is 0.00650. The van der Waals surface area contributed by atoms with Crippen LogP contribution in [0.25, 0.3) is 10.8 Å². The number of aromatic hydroxyl groups is 1. The molecule has 6 N–H and O–H groups in total. The number of nitrogen functional groups attached to an aromatic ring is 1. The number of hydrogen-bond donors (Lipinski definition) is 5. The minimum atomic E-state index is -4.78. The third-order valence-corrected chi connectivity index (χ3v) is 7.51. The number of phenolic OH excluding ortho intramolecular Hbond substituents is 1. The molecular weight excluding hydrogens is 598 g/mol. The Kier molecular flexibility index (Phi) is 7.97. The quantitative estimate of drug-likeness (QED) is 0.0626. The predicted molar refractivity (Wildman–Crippen MR) is 138 cm³/mol. The molecule has 0 aliphatic rings. The topological polar surface area (TPSA) is 218 Å². The number of nitrogens with one attached hydrogen (secondary N) is 1. The molecule has 0 aliphatic carbocycles. The van der Waals surface area contributed by atoms with Crippen LogP contribution < -0.4 is 11.1 Å². The highest BCUT2D eigenvalue weighted by Crippen LogP contribution is 2.40. The molecule has 40 heavy (non-hydrogen) atoms. The average Bonchev–Trinajstić information content (AvgIpc) is 2.85. The van der Waals surface area contributed by atoms with Gasteiger partial charge in [0.25, 0.3) is 20.2 Å². The monoisotopic (exact) mass is 614 g/mol. The molecule has 0 atom stereocenters. The predicted octanol–water partition coefficient (Wildman–Crippen LogP) is 4.05. The zero-order valence-corrected chi connectivity index (χ0v) is 22.1. The van der Waals surface area contributed by atoms with Crippen LogP contribution in [0.4, 0.5) is 25.8 Å². The number of aromatic nitrogens is 2. The number of hydrogen-bond acceptors (Lipinski definition) is 11. The molecule has 0 unspecified atom stereocenters. The number of nitrogens with zero attached hydrogens (tertiary/aromatic N) is 4. The smallest absolute Gasteiger partial charge is 0.311 e. The highest BCUT2D eigenvalue weighted by molar-refractivity contribution is 7.86. The first-order valence-electron chi connectivity index (χ1n) is 10.8. The Morgan fingerprint density at radius 2 is 1.68 bits per heavy atom. The number of halogens is 3. The van der Waals surface area contributed by atoms with Crippen LogP contribution in [0.2, 0.25) is 5.02 Å². The molecule has 0 saturated carbocycles. The average molecular weight is 615 g/mol. The van der Waals surface area contributed by atoms with Crippen molar-refractivity contribution in [3.8, 4) is 5.75 Å². The number of rotatable bonds is 8. The van der Waals surface area contributed by atoms with Crippen molar-refractivity contribution < 1.29 is 39.8 Å². The molecular formula is C22H17ClF2N6O7S2. The molecule has 1 aromatic heterocycles. The van der Waals surface area contributed by atoms with Gasteiger partial charge in [0.05, 0.1) is 21.7 Å². The maximum absolute atomic E-state index is 13.5. The van der Waals surface area contributed by atoms with Gasteiger partial charge in [0.2, 0.25) is 5.95 Å². The first-order chi connectivity index (χ1) is 18.6. The van der Waals surface area contributed by atoms with Crippen molar-refractivity contribution in [1.29, 1.82) is 0 Å². The molecule has 0 spiro atoms. The van der Waals surface area contributed by atoms with Gasteiger partial charge in [-0.3, -0.25) is 9.11 Å². The maximum atomic E-state index is 13.5. The summed E-state index contributed by atoms with van der Waals surface area (Å²) in [7, 11) is -9.43. The molecule has 0 saturated heterocycles. The molecule has 0 aliphatic heterocycles. The normalized spacial score (nSPS) is 12.4. The fourth-order valence-corrected chi connectivity index (χ4v) is 4.91. The molecule has 210 valence electrons. The zero-order chi connectivity index (χ0) is 29.4. The summed E-state index contributed by atoms with van der Waals surface area (Å²) >= 11 is 5.74. The number of benzene rings is 3. The van der Waals surface area contributed by atoms with Crippen LogP contribution in [-0.2, 0) is 33.3 Å². The van der Waals surface area contributed by atoms with Crippen LogP contribution in [0, 0.1) is 12.0 Å². The minimum Gasteiger partial charge on any atom is -0.507 e. The fraction of sp³-hybridized carbons (Fsp3) is 0.0909. The second-order valence-corrected chi connectivity index (χ2v) is 11.3. The van der Waals surface area contributed by atoms with E-state index in [9.17, 15) is 39.8 Å². The van der Waals surface area contributed by atoms with Gasteiger partial charge < -0.3 is 16.2 Å². The molecule has 4 rings (SSSR count). The summed E-state index contributed by atoms with van der Waals surface area (Å²) in [6, 6.07) is 8.11. The van der Waals surface area contributed by atoms with Crippen molar-refractivity contribution in [2.24, 2.45) is 10.2 Å².